The van der Waals surface area contributed by atoms with Crippen LogP contribution < -0.4 is 5.32 Å². The number of nitrogens with zero attached hydrogens (tertiary/aromatic N) is 3. The fraction of sp³-hybridized carbons (Fsp3) is 0.250. The van der Waals surface area contributed by atoms with E-state index in [-0.39, 0.29) is 11.8 Å². The lowest BCUT2D eigenvalue weighted by Crippen LogP contribution is -2.12. The van der Waals surface area contributed by atoms with Gasteiger partial charge >= 0.3 is 0 Å². The van der Waals surface area contributed by atoms with Gasteiger partial charge in [0.15, 0.2) is 11.0 Å². The summed E-state index contributed by atoms with van der Waals surface area (Å²) >= 11 is 1.35. The molecule has 116 valence electrons. The molecule has 0 aliphatic heterocycles. The van der Waals surface area contributed by atoms with E-state index < -0.39 is 0 Å². The molecule has 1 amide bonds. The minimum Gasteiger partial charge on any atom is -0.333 e. The summed E-state index contributed by atoms with van der Waals surface area (Å²) in [5.74, 6) is 1.15. The van der Waals surface area contributed by atoms with E-state index in [9.17, 15) is 4.79 Å². The Balaban J connectivity index is 1.75. The number of benzene rings is 1. The minimum atomic E-state index is 0.0339. The second kappa shape index (κ2) is 5.58. The fourth-order valence-electron chi connectivity index (χ4n) is 2.25. The molecule has 3 aromatic rings. The van der Waals surface area contributed by atoms with Gasteiger partial charge in [0.25, 0.3) is 5.89 Å². The Hall–Kier alpha value is -2.54. The summed E-state index contributed by atoms with van der Waals surface area (Å²) in [5, 5.41) is 7.29. The standard InChI is InChI=1S/C16H14N4O2S/c1-9-17-15(22-20-9)13-12(10-5-3-2-4-6-10)18-16(23-13)19-14(21)11-7-8-11/h2-6,11H,7-8H2,1H3,(H,18,19,21). The van der Waals surface area contributed by atoms with Crippen molar-refractivity contribution in [3.8, 4) is 22.0 Å². The van der Waals surface area contributed by atoms with Gasteiger partial charge in [0.1, 0.15) is 4.88 Å². The van der Waals surface area contributed by atoms with Crippen molar-refractivity contribution >= 4 is 22.4 Å². The van der Waals surface area contributed by atoms with Crippen LogP contribution in [-0.4, -0.2) is 21.0 Å². The molecule has 2 heterocycles. The molecule has 1 N–H and O–H groups in total. The van der Waals surface area contributed by atoms with Crippen LogP contribution in [0.15, 0.2) is 34.9 Å². The van der Waals surface area contributed by atoms with Crippen LogP contribution in [-0.2, 0) is 4.79 Å². The van der Waals surface area contributed by atoms with Crippen molar-refractivity contribution in [1.29, 1.82) is 0 Å². The van der Waals surface area contributed by atoms with Crippen molar-refractivity contribution in [3.63, 3.8) is 0 Å². The molecular formula is C16H14N4O2S. The van der Waals surface area contributed by atoms with Crippen molar-refractivity contribution in [3.05, 3.63) is 36.2 Å². The minimum absolute atomic E-state index is 0.0339. The van der Waals surface area contributed by atoms with Gasteiger partial charge < -0.3 is 9.84 Å². The van der Waals surface area contributed by atoms with Crippen LogP contribution >= 0.6 is 11.3 Å². The van der Waals surface area contributed by atoms with Crippen molar-refractivity contribution in [2.24, 2.45) is 5.92 Å². The SMILES string of the molecule is Cc1noc(-c2sc(NC(=O)C3CC3)nc2-c2ccccc2)n1. The Kier molecular flexibility index (Phi) is 3.42. The van der Waals surface area contributed by atoms with E-state index in [1.165, 1.54) is 11.3 Å². The van der Waals surface area contributed by atoms with Crippen LogP contribution in [0, 0.1) is 12.8 Å². The normalized spacial score (nSPS) is 14.0. The molecule has 23 heavy (non-hydrogen) atoms. The van der Waals surface area contributed by atoms with Gasteiger partial charge in [-0.25, -0.2) is 4.98 Å². The molecule has 7 heteroatoms. The topological polar surface area (TPSA) is 80.9 Å². The summed E-state index contributed by atoms with van der Waals surface area (Å²) in [7, 11) is 0. The maximum Gasteiger partial charge on any atom is 0.270 e. The molecule has 0 atom stereocenters. The summed E-state index contributed by atoms with van der Waals surface area (Å²) in [4.78, 5) is 21.6. The van der Waals surface area contributed by atoms with Gasteiger partial charge in [0.2, 0.25) is 5.91 Å². The molecular weight excluding hydrogens is 312 g/mol. The molecule has 1 fully saturated rings. The first-order valence-corrected chi connectivity index (χ1v) is 8.20. The van der Waals surface area contributed by atoms with Crippen molar-refractivity contribution in [2.75, 3.05) is 5.32 Å². The number of aryl methyl sites for hydroxylation is 1. The second-order valence-electron chi connectivity index (χ2n) is 5.47. The molecule has 1 aromatic carbocycles. The number of rotatable bonds is 4. The van der Waals surface area contributed by atoms with Gasteiger partial charge in [-0.3, -0.25) is 4.79 Å². The molecule has 1 aliphatic carbocycles. The Morgan fingerprint density at radius 3 is 2.70 bits per heavy atom. The first kappa shape index (κ1) is 14.1. The summed E-state index contributed by atoms with van der Waals surface area (Å²) in [6, 6.07) is 9.77. The number of hydrogen-bond donors (Lipinski definition) is 1. The number of amides is 1. The predicted molar refractivity (Wildman–Crippen MR) is 86.9 cm³/mol. The van der Waals surface area contributed by atoms with Crippen LogP contribution in [0.3, 0.4) is 0 Å². The third kappa shape index (κ3) is 2.87. The van der Waals surface area contributed by atoms with E-state index in [1.807, 2.05) is 30.3 Å². The largest absolute Gasteiger partial charge is 0.333 e. The first-order chi connectivity index (χ1) is 11.2. The molecule has 0 unspecified atom stereocenters. The van der Waals surface area contributed by atoms with Crippen molar-refractivity contribution < 1.29 is 9.32 Å². The average Bonchev–Trinajstić information content (AvgIpc) is 3.21. The van der Waals surface area contributed by atoms with Crippen LogP contribution in [0.4, 0.5) is 5.13 Å². The number of carbonyl (C=O) groups is 1. The summed E-state index contributed by atoms with van der Waals surface area (Å²) in [5.41, 5.74) is 1.69. The number of carbonyl (C=O) groups excluding carboxylic acids is 1. The number of hydrogen-bond acceptors (Lipinski definition) is 6. The Labute approximate surface area is 136 Å². The Morgan fingerprint density at radius 1 is 1.26 bits per heavy atom. The lowest BCUT2D eigenvalue weighted by Gasteiger charge is -1.98. The molecule has 0 bridgehead atoms. The van der Waals surface area contributed by atoms with E-state index in [0.29, 0.717) is 16.8 Å². The molecule has 1 aliphatic rings. The lowest BCUT2D eigenvalue weighted by atomic mass is 10.1. The smallest absolute Gasteiger partial charge is 0.270 e. The molecule has 1 saturated carbocycles. The summed E-state index contributed by atoms with van der Waals surface area (Å²) in [6.07, 6.45) is 1.91. The van der Waals surface area contributed by atoms with Gasteiger partial charge in [0.05, 0.1) is 5.69 Å². The monoisotopic (exact) mass is 326 g/mol. The van der Waals surface area contributed by atoms with Gasteiger partial charge in [0, 0.05) is 11.5 Å². The van der Waals surface area contributed by atoms with E-state index >= 15 is 0 Å². The third-order valence-corrected chi connectivity index (χ3v) is 4.53. The zero-order chi connectivity index (χ0) is 15.8. The number of thiazole rings is 1. The van der Waals surface area contributed by atoms with E-state index in [4.69, 9.17) is 4.52 Å². The number of nitrogens with one attached hydrogen (secondary N) is 1. The molecule has 6 nitrogen and oxygen atoms in total. The maximum atomic E-state index is 12.0. The van der Waals surface area contributed by atoms with E-state index in [1.54, 1.807) is 6.92 Å². The fourth-order valence-corrected chi connectivity index (χ4v) is 3.16. The molecule has 0 spiro atoms. The molecule has 4 rings (SSSR count). The second-order valence-corrected chi connectivity index (χ2v) is 6.47. The van der Waals surface area contributed by atoms with E-state index in [0.717, 1.165) is 29.0 Å². The van der Waals surface area contributed by atoms with Crippen LogP contribution in [0.1, 0.15) is 18.7 Å². The Morgan fingerprint density at radius 2 is 2.04 bits per heavy atom. The average molecular weight is 326 g/mol. The number of anilines is 1. The molecule has 0 saturated heterocycles. The van der Waals surface area contributed by atoms with Crippen molar-refractivity contribution in [1.82, 2.24) is 15.1 Å². The zero-order valence-corrected chi connectivity index (χ0v) is 13.3. The Bertz CT molecular complexity index is 852. The van der Waals surface area contributed by atoms with Gasteiger partial charge in [-0.2, -0.15) is 4.98 Å². The highest BCUT2D eigenvalue weighted by Gasteiger charge is 2.30. The summed E-state index contributed by atoms with van der Waals surface area (Å²) < 4.78 is 5.29. The predicted octanol–water partition coefficient (Wildman–Crippen LogP) is 3.52. The van der Waals surface area contributed by atoms with E-state index in [2.05, 4.69) is 20.4 Å². The molecule has 2 aromatic heterocycles. The first-order valence-electron chi connectivity index (χ1n) is 7.38. The van der Waals surface area contributed by atoms with Crippen LogP contribution in [0.2, 0.25) is 0 Å². The maximum absolute atomic E-state index is 12.0. The van der Waals surface area contributed by atoms with Crippen LogP contribution in [0.5, 0.6) is 0 Å². The lowest BCUT2D eigenvalue weighted by molar-refractivity contribution is -0.117. The zero-order valence-electron chi connectivity index (χ0n) is 12.4. The van der Waals surface area contributed by atoms with Crippen LogP contribution in [0.25, 0.3) is 22.0 Å². The highest BCUT2D eigenvalue weighted by Crippen LogP contribution is 2.39. The van der Waals surface area contributed by atoms with Crippen molar-refractivity contribution in [2.45, 2.75) is 19.8 Å². The van der Waals surface area contributed by atoms with Gasteiger partial charge in [-0.15, -0.1) is 0 Å². The number of aromatic nitrogens is 3. The van der Waals surface area contributed by atoms with Gasteiger partial charge in [-0.05, 0) is 19.8 Å². The highest BCUT2D eigenvalue weighted by molar-refractivity contribution is 7.19. The summed E-state index contributed by atoms with van der Waals surface area (Å²) in [6.45, 7) is 1.77. The quantitative estimate of drug-likeness (QED) is 0.793. The third-order valence-electron chi connectivity index (χ3n) is 3.57. The van der Waals surface area contributed by atoms with Gasteiger partial charge in [-0.1, -0.05) is 46.8 Å². The highest BCUT2D eigenvalue weighted by atomic mass is 32.1. The molecule has 0 radical (unpaired) electrons.